The van der Waals surface area contributed by atoms with E-state index in [4.69, 9.17) is 19.2 Å². The molecule has 0 unspecified atom stereocenters. The van der Waals surface area contributed by atoms with Gasteiger partial charge in [0.25, 0.3) is 0 Å². The predicted molar refractivity (Wildman–Crippen MR) is 120 cm³/mol. The Hall–Kier alpha value is -3.39. The molecule has 7 nitrogen and oxygen atoms in total. The molecule has 0 saturated carbocycles. The van der Waals surface area contributed by atoms with Gasteiger partial charge in [-0.05, 0) is 36.6 Å². The van der Waals surface area contributed by atoms with Crippen molar-refractivity contribution < 1.29 is 14.2 Å². The van der Waals surface area contributed by atoms with Crippen molar-refractivity contribution in [1.29, 1.82) is 0 Å². The standard InChI is InChI=1S/C22H22N4O3S/c1-27-18-11-15(12-19(28-2)20(18)29-3)24-22-23-13-14-9-10-26(21(14)25-22)16-5-7-17(30-4)8-6-16/h5-13H,1-4H3,(H,23,24,25). The summed E-state index contributed by atoms with van der Waals surface area (Å²) in [5, 5.41) is 4.19. The van der Waals surface area contributed by atoms with Gasteiger partial charge in [0.1, 0.15) is 5.65 Å². The zero-order valence-electron chi connectivity index (χ0n) is 17.2. The second-order valence-electron chi connectivity index (χ2n) is 6.40. The van der Waals surface area contributed by atoms with Crippen LogP contribution in [-0.2, 0) is 0 Å². The average Bonchev–Trinajstić information content (AvgIpc) is 3.21. The molecule has 0 spiro atoms. The van der Waals surface area contributed by atoms with Crippen molar-refractivity contribution in [3.05, 3.63) is 54.9 Å². The predicted octanol–water partition coefficient (Wildman–Crippen LogP) is 4.91. The van der Waals surface area contributed by atoms with Gasteiger partial charge in [0.15, 0.2) is 11.5 Å². The molecule has 0 amide bonds. The Morgan fingerprint density at radius 2 is 1.63 bits per heavy atom. The summed E-state index contributed by atoms with van der Waals surface area (Å²) < 4.78 is 18.3. The van der Waals surface area contributed by atoms with Gasteiger partial charge in [-0.2, -0.15) is 4.98 Å². The highest BCUT2D eigenvalue weighted by atomic mass is 32.2. The van der Waals surface area contributed by atoms with Crippen molar-refractivity contribution >= 4 is 34.4 Å². The smallest absolute Gasteiger partial charge is 0.229 e. The van der Waals surface area contributed by atoms with Gasteiger partial charge in [-0.15, -0.1) is 11.8 Å². The van der Waals surface area contributed by atoms with E-state index in [0.717, 1.165) is 22.4 Å². The van der Waals surface area contributed by atoms with E-state index in [1.807, 2.05) is 29.0 Å². The Morgan fingerprint density at radius 1 is 0.933 bits per heavy atom. The van der Waals surface area contributed by atoms with Gasteiger partial charge in [0.2, 0.25) is 11.7 Å². The first kappa shape index (κ1) is 19.9. The number of ether oxygens (including phenoxy) is 3. The Morgan fingerprint density at radius 3 is 2.23 bits per heavy atom. The Kier molecular flexibility index (Phi) is 5.67. The monoisotopic (exact) mass is 422 g/mol. The van der Waals surface area contributed by atoms with Gasteiger partial charge in [0.05, 0.1) is 21.3 Å². The summed E-state index contributed by atoms with van der Waals surface area (Å²) in [5.41, 5.74) is 2.59. The summed E-state index contributed by atoms with van der Waals surface area (Å²) in [7, 11) is 4.74. The van der Waals surface area contributed by atoms with E-state index in [9.17, 15) is 0 Å². The molecule has 2 heterocycles. The number of rotatable bonds is 7. The Bertz CT molecular complexity index is 1150. The molecule has 2 aromatic heterocycles. The van der Waals surface area contributed by atoms with Crippen LogP contribution in [0.1, 0.15) is 0 Å². The van der Waals surface area contributed by atoms with E-state index in [1.165, 1.54) is 4.90 Å². The molecular formula is C22H22N4O3S. The van der Waals surface area contributed by atoms with Crippen LogP contribution < -0.4 is 19.5 Å². The van der Waals surface area contributed by atoms with Crippen LogP contribution in [0.2, 0.25) is 0 Å². The summed E-state index contributed by atoms with van der Waals surface area (Å²) in [5.74, 6) is 2.11. The van der Waals surface area contributed by atoms with Crippen LogP contribution in [0.15, 0.2) is 59.8 Å². The molecule has 0 aliphatic carbocycles. The lowest BCUT2D eigenvalue weighted by Crippen LogP contribution is -2.01. The molecule has 4 rings (SSSR count). The number of nitrogens with zero attached hydrogens (tertiary/aromatic N) is 3. The number of hydrogen-bond donors (Lipinski definition) is 1. The molecule has 0 aliphatic rings. The van der Waals surface area contributed by atoms with Gasteiger partial charge in [-0.1, -0.05) is 0 Å². The molecular weight excluding hydrogens is 400 g/mol. The SMILES string of the molecule is COc1cc(Nc2ncc3ccn(-c4ccc(SC)cc4)c3n2)cc(OC)c1OC. The van der Waals surface area contributed by atoms with Crippen LogP contribution in [0.3, 0.4) is 0 Å². The van der Waals surface area contributed by atoms with E-state index < -0.39 is 0 Å². The van der Waals surface area contributed by atoms with Crippen LogP contribution in [0.4, 0.5) is 11.6 Å². The van der Waals surface area contributed by atoms with Crippen LogP contribution in [-0.4, -0.2) is 42.1 Å². The largest absolute Gasteiger partial charge is 0.493 e. The summed E-state index contributed by atoms with van der Waals surface area (Å²) in [6.45, 7) is 0. The third-order valence-corrected chi connectivity index (χ3v) is 5.44. The molecule has 154 valence electrons. The van der Waals surface area contributed by atoms with Crippen LogP contribution in [0.5, 0.6) is 17.2 Å². The van der Waals surface area contributed by atoms with Gasteiger partial charge in [-0.25, -0.2) is 4.98 Å². The fourth-order valence-corrected chi connectivity index (χ4v) is 3.62. The number of aromatic nitrogens is 3. The summed E-state index contributed by atoms with van der Waals surface area (Å²) in [6, 6.07) is 14.0. The maximum absolute atomic E-state index is 5.42. The normalized spacial score (nSPS) is 10.8. The Balaban J connectivity index is 1.70. The molecule has 0 aliphatic heterocycles. The highest BCUT2D eigenvalue weighted by Gasteiger charge is 2.14. The molecule has 1 N–H and O–H groups in total. The summed E-state index contributed by atoms with van der Waals surface area (Å²) >= 11 is 1.72. The minimum Gasteiger partial charge on any atom is -0.493 e. The van der Waals surface area contributed by atoms with Gasteiger partial charge in [0, 0.05) is 46.2 Å². The first-order valence-corrected chi connectivity index (χ1v) is 10.4. The molecule has 0 atom stereocenters. The fourth-order valence-electron chi connectivity index (χ4n) is 3.21. The lowest BCUT2D eigenvalue weighted by molar-refractivity contribution is 0.324. The lowest BCUT2D eigenvalue weighted by atomic mass is 10.2. The van der Waals surface area contributed by atoms with E-state index in [0.29, 0.717) is 23.2 Å². The first-order valence-electron chi connectivity index (χ1n) is 9.22. The third-order valence-electron chi connectivity index (χ3n) is 4.70. The lowest BCUT2D eigenvalue weighted by Gasteiger charge is -2.14. The van der Waals surface area contributed by atoms with Crippen LogP contribution in [0, 0.1) is 0 Å². The molecule has 0 saturated heterocycles. The summed E-state index contributed by atoms with van der Waals surface area (Å²) in [6.07, 6.45) is 5.86. The average molecular weight is 423 g/mol. The van der Waals surface area contributed by atoms with Gasteiger partial charge >= 0.3 is 0 Å². The molecule has 8 heteroatoms. The number of anilines is 2. The quantitative estimate of drug-likeness (QED) is 0.424. The maximum atomic E-state index is 5.42. The third kappa shape index (κ3) is 3.73. The Labute approximate surface area is 179 Å². The molecule has 2 aromatic carbocycles. The van der Waals surface area contributed by atoms with Crippen molar-refractivity contribution in [3.8, 4) is 22.9 Å². The highest BCUT2D eigenvalue weighted by Crippen LogP contribution is 2.40. The minimum absolute atomic E-state index is 0.470. The summed E-state index contributed by atoms with van der Waals surface area (Å²) in [4.78, 5) is 10.4. The second-order valence-corrected chi connectivity index (χ2v) is 7.27. The van der Waals surface area contributed by atoms with Crippen molar-refractivity contribution in [1.82, 2.24) is 14.5 Å². The molecule has 0 radical (unpaired) electrons. The van der Waals surface area contributed by atoms with Gasteiger partial charge < -0.3 is 24.1 Å². The zero-order valence-corrected chi connectivity index (χ0v) is 18.0. The van der Waals surface area contributed by atoms with E-state index >= 15 is 0 Å². The van der Waals surface area contributed by atoms with Gasteiger partial charge in [-0.3, -0.25) is 0 Å². The van der Waals surface area contributed by atoms with Crippen molar-refractivity contribution in [2.75, 3.05) is 32.9 Å². The number of fused-ring (bicyclic) bond motifs is 1. The van der Waals surface area contributed by atoms with Crippen molar-refractivity contribution in [3.63, 3.8) is 0 Å². The minimum atomic E-state index is 0.470. The second kappa shape index (κ2) is 8.54. The van der Waals surface area contributed by atoms with Crippen LogP contribution >= 0.6 is 11.8 Å². The number of hydrogen-bond acceptors (Lipinski definition) is 7. The highest BCUT2D eigenvalue weighted by molar-refractivity contribution is 7.98. The molecule has 30 heavy (non-hydrogen) atoms. The fraction of sp³-hybridized carbons (Fsp3) is 0.182. The zero-order chi connectivity index (χ0) is 21.1. The topological polar surface area (TPSA) is 70.4 Å². The van der Waals surface area contributed by atoms with Crippen molar-refractivity contribution in [2.45, 2.75) is 4.90 Å². The van der Waals surface area contributed by atoms with E-state index in [-0.39, 0.29) is 0 Å². The maximum Gasteiger partial charge on any atom is 0.229 e. The van der Waals surface area contributed by atoms with E-state index in [1.54, 1.807) is 39.3 Å². The first-order chi connectivity index (χ1) is 14.7. The number of benzene rings is 2. The molecule has 4 aromatic rings. The van der Waals surface area contributed by atoms with Crippen LogP contribution in [0.25, 0.3) is 16.7 Å². The molecule has 0 fully saturated rings. The number of methoxy groups -OCH3 is 3. The molecule has 0 bridgehead atoms. The number of thioether (sulfide) groups is 1. The van der Waals surface area contributed by atoms with E-state index in [2.05, 4.69) is 40.8 Å². The number of nitrogens with one attached hydrogen (secondary N) is 1. The van der Waals surface area contributed by atoms with Crippen molar-refractivity contribution in [2.24, 2.45) is 0 Å².